The Kier molecular flexibility index (Phi) is 8.96. The molecule has 1 unspecified atom stereocenters. The van der Waals surface area contributed by atoms with Crippen molar-refractivity contribution >= 4 is 0 Å². The van der Waals surface area contributed by atoms with Gasteiger partial charge in [0.1, 0.15) is 5.75 Å². The van der Waals surface area contributed by atoms with Crippen molar-refractivity contribution in [2.75, 3.05) is 6.61 Å². The molecule has 1 aromatic rings. The number of aryl methyl sites for hydroxylation is 1. The van der Waals surface area contributed by atoms with Gasteiger partial charge in [-0.1, -0.05) is 76.2 Å². The molecule has 156 valence electrons. The number of allylic oxidation sites excluding steroid dienone is 2. The highest BCUT2D eigenvalue weighted by Gasteiger charge is 2.21. The Bertz CT molecular complexity index is 577. The second-order valence-electron chi connectivity index (χ2n) is 9.37. The van der Waals surface area contributed by atoms with Gasteiger partial charge < -0.3 is 4.74 Å². The highest BCUT2D eigenvalue weighted by Crippen LogP contribution is 2.36. The number of hydrogen-bond donors (Lipinski definition) is 0. The third-order valence-corrected chi connectivity index (χ3v) is 7.27. The van der Waals surface area contributed by atoms with Crippen LogP contribution in [0.3, 0.4) is 0 Å². The van der Waals surface area contributed by atoms with Crippen molar-refractivity contribution in [1.29, 1.82) is 0 Å². The zero-order valence-corrected chi connectivity index (χ0v) is 18.4. The maximum Gasteiger partial charge on any atom is 0.119 e. The lowest BCUT2D eigenvalue weighted by Gasteiger charge is -2.29. The summed E-state index contributed by atoms with van der Waals surface area (Å²) < 4.78 is 5.68. The van der Waals surface area contributed by atoms with Crippen LogP contribution < -0.4 is 4.74 Å². The molecule has 0 aliphatic heterocycles. The summed E-state index contributed by atoms with van der Waals surface area (Å²) >= 11 is 0. The zero-order valence-electron chi connectivity index (χ0n) is 18.4. The van der Waals surface area contributed by atoms with E-state index < -0.39 is 0 Å². The van der Waals surface area contributed by atoms with Crippen LogP contribution in [0.2, 0.25) is 0 Å². The summed E-state index contributed by atoms with van der Waals surface area (Å²) in [5.41, 5.74) is 3.14. The van der Waals surface area contributed by atoms with E-state index in [0.29, 0.717) is 0 Å². The topological polar surface area (TPSA) is 9.23 Å². The highest BCUT2D eigenvalue weighted by molar-refractivity contribution is 5.28. The minimum atomic E-state index is 0.813. The zero-order chi connectivity index (χ0) is 19.6. The van der Waals surface area contributed by atoms with Crippen LogP contribution in [0.4, 0.5) is 0 Å². The van der Waals surface area contributed by atoms with Crippen LogP contribution in [0.1, 0.15) is 96.5 Å². The average Bonchev–Trinajstić information content (AvgIpc) is 2.76. The standard InChI is InChI=1S/C27H42O/c1-3-21-28-27-19-17-26(18-20-27)16-15-25-13-11-24(12-14-25)10-9-23-7-5-22(4-2)6-8-23/h13,17-20,22-24H,3-12,14-16,21H2,1-2H3. The molecule has 28 heavy (non-hydrogen) atoms. The van der Waals surface area contributed by atoms with Gasteiger partial charge >= 0.3 is 0 Å². The minimum Gasteiger partial charge on any atom is -0.494 e. The molecule has 0 saturated heterocycles. The van der Waals surface area contributed by atoms with Crippen molar-refractivity contribution < 1.29 is 4.74 Å². The van der Waals surface area contributed by atoms with E-state index in [-0.39, 0.29) is 0 Å². The second-order valence-corrected chi connectivity index (χ2v) is 9.37. The molecule has 0 heterocycles. The summed E-state index contributed by atoms with van der Waals surface area (Å²) in [6.07, 6.45) is 20.6. The van der Waals surface area contributed by atoms with Gasteiger partial charge in [-0.15, -0.1) is 0 Å². The van der Waals surface area contributed by atoms with E-state index in [1.54, 1.807) is 5.57 Å². The molecule has 0 aromatic heterocycles. The van der Waals surface area contributed by atoms with E-state index in [1.807, 2.05) is 0 Å². The maximum atomic E-state index is 5.68. The summed E-state index contributed by atoms with van der Waals surface area (Å²) in [4.78, 5) is 0. The average molecular weight is 383 g/mol. The molecule has 0 spiro atoms. The monoisotopic (exact) mass is 382 g/mol. The molecule has 1 aromatic carbocycles. The van der Waals surface area contributed by atoms with Crippen LogP contribution in [-0.2, 0) is 6.42 Å². The van der Waals surface area contributed by atoms with E-state index >= 15 is 0 Å². The van der Waals surface area contributed by atoms with Crippen molar-refractivity contribution in [2.45, 2.75) is 97.3 Å². The van der Waals surface area contributed by atoms with Gasteiger partial charge in [0.2, 0.25) is 0 Å². The molecule has 3 rings (SSSR count). The third-order valence-electron chi connectivity index (χ3n) is 7.27. The Hall–Kier alpha value is -1.24. The number of rotatable bonds is 10. The number of hydrogen-bond acceptors (Lipinski definition) is 1. The van der Waals surface area contributed by atoms with E-state index in [2.05, 4.69) is 44.2 Å². The first kappa shape index (κ1) is 21.5. The molecule has 0 bridgehead atoms. The second kappa shape index (κ2) is 11.7. The third kappa shape index (κ3) is 6.98. The predicted octanol–water partition coefficient (Wildman–Crippen LogP) is 8.13. The molecule has 0 radical (unpaired) electrons. The summed E-state index contributed by atoms with van der Waals surface area (Å²) in [7, 11) is 0. The first-order valence-electron chi connectivity index (χ1n) is 12.2. The first-order chi connectivity index (χ1) is 13.8. The Balaban J connectivity index is 1.33. The molecule has 1 nitrogen and oxygen atoms in total. The van der Waals surface area contributed by atoms with Crippen LogP contribution in [0, 0.1) is 17.8 Å². The lowest BCUT2D eigenvalue weighted by molar-refractivity contribution is 0.241. The van der Waals surface area contributed by atoms with E-state index in [4.69, 9.17) is 4.74 Å². The van der Waals surface area contributed by atoms with Gasteiger partial charge in [0.05, 0.1) is 6.61 Å². The molecule has 2 aliphatic rings. The van der Waals surface area contributed by atoms with Crippen molar-refractivity contribution in [3.63, 3.8) is 0 Å². The van der Waals surface area contributed by atoms with Crippen molar-refractivity contribution in [2.24, 2.45) is 17.8 Å². The summed E-state index contributed by atoms with van der Waals surface area (Å²) in [5, 5.41) is 0. The largest absolute Gasteiger partial charge is 0.494 e. The fourth-order valence-corrected chi connectivity index (χ4v) is 5.11. The van der Waals surface area contributed by atoms with Crippen LogP contribution in [0.15, 0.2) is 35.9 Å². The normalized spacial score (nSPS) is 25.4. The van der Waals surface area contributed by atoms with Gasteiger partial charge in [-0.05, 0) is 80.4 Å². The van der Waals surface area contributed by atoms with Gasteiger partial charge in [-0.25, -0.2) is 0 Å². The van der Waals surface area contributed by atoms with Crippen molar-refractivity contribution in [1.82, 2.24) is 0 Å². The fraction of sp³-hybridized carbons (Fsp3) is 0.704. The lowest BCUT2D eigenvalue weighted by Crippen LogP contribution is -2.15. The van der Waals surface area contributed by atoms with E-state index in [0.717, 1.165) is 36.5 Å². The maximum absolute atomic E-state index is 5.68. The van der Waals surface area contributed by atoms with Gasteiger partial charge in [0, 0.05) is 0 Å². The SMILES string of the molecule is CCCOc1ccc(CCC2=CCC(CCC3CCC(CC)CC3)CC2)cc1. The smallest absolute Gasteiger partial charge is 0.119 e. The molecule has 1 saturated carbocycles. The summed E-state index contributed by atoms with van der Waals surface area (Å²) in [6.45, 7) is 5.33. The van der Waals surface area contributed by atoms with Crippen LogP contribution >= 0.6 is 0 Å². The quantitative estimate of drug-likeness (QED) is 0.371. The summed E-state index contributed by atoms with van der Waals surface area (Å²) in [6, 6.07) is 8.74. The van der Waals surface area contributed by atoms with Gasteiger partial charge in [0.15, 0.2) is 0 Å². The lowest BCUT2D eigenvalue weighted by atomic mass is 9.76. The van der Waals surface area contributed by atoms with Gasteiger partial charge in [0.25, 0.3) is 0 Å². The van der Waals surface area contributed by atoms with Crippen molar-refractivity contribution in [3.8, 4) is 5.75 Å². The molecular weight excluding hydrogens is 340 g/mol. The molecule has 2 aliphatic carbocycles. The number of ether oxygens (including phenoxy) is 1. The Labute approximate surface area is 174 Å². The molecular formula is C27H42O. The molecule has 1 fully saturated rings. The Morgan fingerprint density at radius 2 is 1.54 bits per heavy atom. The van der Waals surface area contributed by atoms with Crippen molar-refractivity contribution in [3.05, 3.63) is 41.5 Å². The van der Waals surface area contributed by atoms with Crippen LogP contribution in [0.5, 0.6) is 5.75 Å². The Morgan fingerprint density at radius 3 is 2.18 bits per heavy atom. The van der Waals surface area contributed by atoms with Gasteiger partial charge in [-0.2, -0.15) is 0 Å². The molecule has 1 heteroatoms. The fourth-order valence-electron chi connectivity index (χ4n) is 5.11. The van der Waals surface area contributed by atoms with Crippen LogP contribution in [0.25, 0.3) is 0 Å². The summed E-state index contributed by atoms with van der Waals surface area (Å²) in [5.74, 6) is 4.05. The van der Waals surface area contributed by atoms with Crippen LogP contribution in [-0.4, -0.2) is 6.61 Å². The molecule has 0 amide bonds. The van der Waals surface area contributed by atoms with E-state index in [1.165, 1.54) is 82.6 Å². The Morgan fingerprint density at radius 1 is 0.821 bits per heavy atom. The minimum absolute atomic E-state index is 0.813. The predicted molar refractivity (Wildman–Crippen MR) is 121 cm³/mol. The molecule has 0 N–H and O–H groups in total. The highest BCUT2D eigenvalue weighted by atomic mass is 16.5. The van der Waals surface area contributed by atoms with E-state index in [9.17, 15) is 0 Å². The first-order valence-corrected chi connectivity index (χ1v) is 12.2. The van der Waals surface area contributed by atoms with Gasteiger partial charge in [-0.3, -0.25) is 0 Å². The molecule has 1 atom stereocenters. The number of benzene rings is 1.